The second-order valence-corrected chi connectivity index (χ2v) is 5.47. The Morgan fingerprint density at radius 2 is 1.89 bits per heavy atom. The van der Waals surface area contributed by atoms with Crippen LogP contribution in [0.1, 0.15) is 5.56 Å². The van der Waals surface area contributed by atoms with Crippen LogP contribution in [0.2, 0.25) is 0 Å². The number of benzene rings is 2. The van der Waals surface area contributed by atoms with Crippen LogP contribution in [0.15, 0.2) is 47.4 Å². The first-order chi connectivity index (χ1) is 9.10. The fourth-order valence-corrected chi connectivity index (χ4v) is 2.78. The number of halogens is 1. The van der Waals surface area contributed by atoms with Crippen molar-refractivity contribution in [3.05, 3.63) is 53.8 Å². The largest absolute Gasteiger partial charge is 0.495 e. The summed E-state index contributed by atoms with van der Waals surface area (Å²) in [7, 11) is 0.321. The third-order valence-electron chi connectivity index (χ3n) is 2.67. The summed E-state index contributed by atoms with van der Waals surface area (Å²) < 4.78 is 30.0. The first kappa shape index (κ1) is 13.5. The maximum absolute atomic E-state index is 12.8. The van der Waals surface area contributed by atoms with Gasteiger partial charge >= 0.3 is 0 Å². The van der Waals surface area contributed by atoms with Crippen LogP contribution in [0.4, 0.5) is 10.1 Å². The fraction of sp³-hybridized carbons (Fsp3) is 0.143. The lowest BCUT2D eigenvalue weighted by Gasteiger charge is -2.07. The number of hydrogen-bond acceptors (Lipinski definition) is 3. The third-order valence-corrected chi connectivity index (χ3v) is 4.06. The minimum Gasteiger partial charge on any atom is -0.495 e. The van der Waals surface area contributed by atoms with E-state index in [1.54, 1.807) is 19.2 Å². The van der Waals surface area contributed by atoms with Gasteiger partial charge in [0.25, 0.3) is 0 Å². The van der Waals surface area contributed by atoms with Crippen molar-refractivity contribution in [3.63, 3.8) is 0 Å². The molecule has 100 valence electrons. The molecule has 2 aromatic carbocycles. The highest BCUT2D eigenvalue weighted by Crippen LogP contribution is 2.23. The van der Waals surface area contributed by atoms with E-state index in [0.717, 1.165) is 5.56 Å². The Labute approximate surface area is 113 Å². The predicted molar refractivity (Wildman–Crippen MR) is 73.9 cm³/mol. The highest BCUT2D eigenvalue weighted by molar-refractivity contribution is 7.84. The summed E-state index contributed by atoms with van der Waals surface area (Å²) in [6, 6.07) is 10.9. The van der Waals surface area contributed by atoms with Crippen LogP contribution < -0.4 is 10.5 Å². The van der Waals surface area contributed by atoms with Gasteiger partial charge in [0, 0.05) is 4.90 Å². The maximum Gasteiger partial charge on any atom is 0.141 e. The van der Waals surface area contributed by atoms with Crippen molar-refractivity contribution >= 4 is 16.5 Å². The number of anilines is 1. The lowest BCUT2D eigenvalue weighted by molar-refractivity contribution is 0.417. The lowest BCUT2D eigenvalue weighted by Crippen LogP contribution is -1.99. The number of ether oxygens (including phenoxy) is 1. The molecule has 5 heteroatoms. The quantitative estimate of drug-likeness (QED) is 0.875. The Hall–Kier alpha value is -1.88. The summed E-state index contributed by atoms with van der Waals surface area (Å²) in [5.41, 5.74) is 7.15. The predicted octanol–water partition coefficient (Wildman–Crippen LogP) is 2.72. The average Bonchev–Trinajstić information content (AvgIpc) is 2.39. The highest BCUT2D eigenvalue weighted by atomic mass is 32.2. The summed E-state index contributed by atoms with van der Waals surface area (Å²) in [6.45, 7) is 0. The number of hydrogen-bond donors (Lipinski definition) is 1. The van der Waals surface area contributed by atoms with Crippen LogP contribution in [0.5, 0.6) is 5.75 Å². The molecule has 0 aliphatic heterocycles. The highest BCUT2D eigenvalue weighted by Gasteiger charge is 2.07. The van der Waals surface area contributed by atoms with Crippen LogP contribution in [-0.4, -0.2) is 11.3 Å². The molecule has 0 heterocycles. The van der Waals surface area contributed by atoms with Gasteiger partial charge in [-0.05, 0) is 42.0 Å². The molecule has 3 nitrogen and oxygen atoms in total. The van der Waals surface area contributed by atoms with E-state index < -0.39 is 10.8 Å². The summed E-state index contributed by atoms with van der Waals surface area (Å²) in [4.78, 5) is 0.593. The molecule has 0 aliphatic rings. The van der Waals surface area contributed by atoms with Crippen molar-refractivity contribution in [1.82, 2.24) is 0 Å². The molecule has 0 aromatic heterocycles. The molecular weight excluding hydrogens is 265 g/mol. The molecular formula is C14H14FNO2S. The molecule has 0 amide bonds. The Bertz CT molecular complexity index is 599. The zero-order valence-electron chi connectivity index (χ0n) is 10.4. The van der Waals surface area contributed by atoms with Gasteiger partial charge in [0.05, 0.1) is 29.3 Å². The van der Waals surface area contributed by atoms with Crippen LogP contribution in [0.25, 0.3) is 0 Å². The second kappa shape index (κ2) is 5.84. The molecule has 0 saturated carbocycles. The molecule has 19 heavy (non-hydrogen) atoms. The van der Waals surface area contributed by atoms with Gasteiger partial charge in [-0.1, -0.05) is 6.07 Å². The normalized spacial score (nSPS) is 12.1. The van der Waals surface area contributed by atoms with Crippen molar-refractivity contribution < 1.29 is 13.3 Å². The molecule has 0 spiro atoms. The van der Waals surface area contributed by atoms with Crippen LogP contribution in [0, 0.1) is 5.82 Å². The zero-order valence-corrected chi connectivity index (χ0v) is 11.2. The van der Waals surface area contributed by atoms with Crippen molar-refractivity contribution in [2.45, 2.75) is 10.6 Å². The Balaban J connectivity index is 2.14. The zero-order chi connectivity index (χ0) is 13.8. The van der Waals surface area contributed by atoms with E-state index in [-0.39, 0.29) is 5.82 Å². The van der Waals surface area contributed by atoms with Gasteiger partial charge in [0.15, 0.2) is 0 Å². The summed E-state index contributed by atoms with van der Waals surface area (Å²) >= 11 is 0. The number of nitrogen functional groups attached to an aromatic ring is 1. The smallest absolute Gasteiger partial charge is 0.141 e. The Morgan fingerprint density at radius 3 is 2.47 bits per heavy atom. The number of nitrogens with two attached hydrogens (primary N) is 1. The third kappa shape index (κ3) is 3.32. The molecule has 0 saturated heterocycles. The molecule has 1 atom stereocenters. The first-order valence-corrected chi connectivity index (χ1v) is 6.98. The number of rotatable bonds is 4. The average molecular weight is 279 g/mol. The maximum atomic E-state index is 12.8. The minimum atomic E-state index is -1.22. The Kier molecular flexibility index (Phi) is 4.16. The van der Waals surface area contributed by atoms with Crippen LogP contribution >= 0.6 is 0 Å². The summed E-state index contributed by atoms with van der Waals surface area (Å²) in [5, 5.41) is 0. The first-order valence-electron chi connectivity index (χ1n) is 5.66. The molecule has 2 rings (SSSR count). The molecule has 0 bridgehead atoms. The topological polar surface area (TPSA) is 52.3 Å². The van der Waals surface area contributed by atoms with Gasteiger partial charge in [-0.2, -0.15) is 0 Å². The number of methoxy groups -OCH3 is 1. The Morgan fingerprint density at radius 1 is 1.21 bits per heavy atom. The molecule has 2 N–H and O–H groups in total. The van der Waals surface area contributed by atoms with E-state index in [1.165, 1.54) is 24.3 Å². The van der Waals surface area contributed by atoms with Crippen molar-refractivity contribution in [2.24, 2.45) is 0 Å². The second-order valence-electron chi connectivity index (χ2n) is 4.02. The fourth-order valence-electron chi connectivity index (χ4n) is 1.69. The van der Waals surface area contributed by atoms with Gasteiger partial charge in [0.1, 0.15) is 11.6 Å². The standard InChI is InChI=1S/C14H14FNO2S/c1-18-14-7-2-10(8-13(14)16)9-19(17)12-5-3-11(15)4-6-12/h2-8H,9,16H2,1H3. The molecule has 0 fully saturated rings. The van der Waals surface area contributed by atoms with E-state index >= 15 is 0 Å². The van der Waals surface area contributed by atoms with Gasteiger partial charge in [-0.25, -0.2) is 4.39 Å². The lowest BCUT2D eigenvalue weighted by atomic mass is 10.2. The molecule has 1 unspecified atom stereocenters. The van der Waals surface area contributed by atoms with Crippen molar-refractivity contribution in [1.29, 1.82) is 0 Å². The molecule has 0 aliphatic carbocycles. The summed E-state index contributed by atoms with van der Waals surface area (Å²) in [6.07, 6.45) is 0. The van der Waals surface area contributed by atoms with Gasteiger partial charge in [0.2, 0.25) is 0 Å². The van der Waals surface area contributed by atoms with Gasteiger partial charge in [-0.3, -0.25) is 4.21 Å². The molecule has 2 aromatic rings. The molecule has 0 radical (unpaired) electrons. The van der Waals surface area contributed by atoms with E-state index in [2.05, 4.69) is 0 Å². The van der Waals surface area contributed by atoms with E-state index in [0.29, 0.717) is 22.1 Å². The monoisotopic (exact) mass is 279 g/mol. The van der Waals surface area contributed by atoms with Gasteiger partial charge < -0.3 is 10.5 Å². The van der Waals surface area contributed by atoms with E-state index in [1.807, 2.05) is 6.07 Å². The van der Waals surface area contributed by atoms with E-state index in [9.17, 15) is 8.60 Å². The van der Waals surface area contributed by atoms with Crippen molar-refractivity contribution in [2.75, 3.05) is 12.8 Å². The van der Waals surface area contributed by atoms with E-state index in [4.69, 9.17) is 10.5 Å². The summed E-state index contributed by atoms with van der Waals surface area (Å²) in [5.74, 6) is 0.588. The SMILES string of the molecule is COc1ccc(CS(=O)c2ccc(F)cc2)cc1N. The van der Waals surface area contributed by atoms with Gasteiger partial charge in [-0.15, -0.1) is 0 Å². The van der Waals surface area contributed by atoms with Crippen molar-refractivity contribution in [3.8, 4) is 5.75 Å². The van der Waals surface area contributed by atoms with Crippen LogP contribution in [0.3, 0.4) is 0 Å². The van der Waals surface area contributed by atoms with Crippen LogP contribution in [-0.2, 0) is 16.6 Å². The minimum absolute atomic E-state index is 0.333.